The molecule has 1 aromatic carbocycles. The molecule has 0 radical (unpaired) electrons. The average Bonchev–Trinajstić information content (AvgIpc) is 3.11. The predicted octanol–water partition coefficient (Wildman–Crippen LogP) is 2.18. The number of hydrogen-bond acceptors (Lipinski definition) is 6. The molecule has 4 atom stereocenters. The molecular weight excluding hydrogens is 410 g/mol. The van der Waals surface area contributed by atoms with Gasteiger partial charge in [-0.25, -0.2) is 14.8 Å². The van der Waals surface area contributed by atoms with E-state index < -0.39 is 12.0 Å². The molecule has 0 bridgehead atoms. The fourth-order valence-corrected chi connectivity index (χ4v) is 4.99. The number of aliphatic carboxylic acids is 1. The second-order valence-electron chi connectivity index (χ2n) is 8.74. The van der Waals surface area contributed by atoms with E-state index in [0.29, 0.717) is 29.2 Å². The van der Waals surface area contributed by atoms with Crippen molar-refractivity contribution in [3.05, 3.63) is 42.1 Å². The molecule has 164 valence electrons. The Kier molecular flexibility index (Phi) is 4.58. The molecule has 5 rings (SSSR count). The molecule has 3 unspecified atom stereocenters. The fourth-order valence-electron chi connectivity index (χ4n) is 4.99. The lowest BCUT2D eigenvalue weighted by Gasteiger charge is -2.25. The van der Waals surface area contributed by atoms with Crippen LogP contribution in [0.15, 0.2) is 30.6 Å². The van der Waals surface area contributed by atoms with Gasteiger partial charge in [-0.3, -0.25) is 14.3 Å². The first-order chi connectivity index (χ1) is 15.3. The minimum atomic E-state index is -0.963. The molecule has 2 aliphatic rings. The summed E-state index contributed by atoms with van der Waals surface area (Å²) in [6.45, 7) is 5.61. The van der Waals surface area contributed by atoms with Gasteiger partial charge < -0.3 is 10.0 Å². The van der Waals surface area contributed by atoms with Crippen LogP contribution in [0, 0.1) is 24.7 Å². The second-order valence-corrected chi connectivity index (χ2v) is 8.74. The van der Waals surface area contributed by atoms with E-state index >= 15 is 0 Å². The first-order valence-corrected chi connectivity index (χ1v) is 10.6. The molecule has 1 amide bonds. The number of Topliss-reactive ketones (excluding diaryl/α,β-unsaturated/α-hetero) is 1. The van der Waals surface area contributed by atoms with Crippen LogP contribution in [-0.2, 0) is 16.1 Å². The van der Waals surface area contributed by atoms with E-state index in [2.05, 4.69) is 15.1 Å². The van der Waals surface area contributed by atoms with E-state index in [0.717, 1.165) is 11.1 Å². The SMILES string of the molecule is CC(=O)c1nn(CC(=O)N2CC3C(C)C3[C@H]2C(=O)O)c2ccc(-c3cnc(C)nc3)cc12. The maximum atomic E-state index is 13.0. The molecule has 3 heterocycles. The maximum absolute atomic E-state index is 13.0. The molecule has 1 aliphatic carbocycles. The molecule has 1 N–H and O–H groups in total. The summed E-state index contributed by atoms with van der Waals surface area (Å²) < 4.78 is 1.50. The average molecular weight is 433 g/mol. The maximum Gasteiger partial charge on any atom is 0.326 e. The number of benzene rings is 1. The molecule has 9 nitrogen and oxygen atoms in total. The number of fused-ring (bicyclic) bond motifs is 2. The number of rotatable bonds is 5. The summed E-state index contributed by atoms with van der Waals surface area (Å²) in [4.78, 5) is 47.0. The first-order valence-electron chi connectivity index (χ1n) is 10.6. The van der Waals surface area contributed by atoms with Crippen molar-refractivity contribution in [3.63, 3.8) is 0 Å². The zero-order valence-electron chi connectivity index (χ0n) is 18.0. The van der Waals surface area contributed by atoms with Crippen LogP contribution < -0.4 is 0 Å². The zero-order valence-corrected chi connectivity index (χ0v) is 18.0. The lowest BCUT2D eigenvalue weighted by atomic mass is 10.0. The molecule has 2 fully saturated rings. The number of ketones is 1. The lowest BCUT2D eigenvalue weighted by Crippen LogP contribution is -2.45. The van der Waals surface area contributed by atoms with Crippen molar-refractivity contribution in [3.8, 4) is 11.1 Å². The van der Waals surface area contributed by atoms with Gasteiger partial charge in [0.25, 0.3) is 0 Å². The summed E-state index contributed by atoms with van der Waals surface area (Å²) in [5, 5.41) is 14.7. The largest absolute Gasteiger partial charge is 0.480 e. The van der Waals surface area contributed by atoms with Crippen LogP contribution in [0.1, 0.15) is 30.2 Å². The number of hydrogen-bond donors (Lipinski definition) is 1. The van der Waals surface area contributed by atoms with Gasteiger partial charge in [-0.15, -0.1) is 0 Å². The Morgan fingerprint density at radius 2 is 1.88 bits per heavy atom. The number of likely N-dealkylation sites (tertiary alicyclic amines) is 1. The van der Waals surface area contributed by atoms with Gasteiger partial charge >= 0.3 is 5.97 Å². The van der Waals surface area contributed by atoms with E-state index in [1.165, 1.54) is 16.5 Å². The number of carboxylic acids is 1. The predicted molar refractivity (Wildman–Crippen MR) is 115 cm³/mol. The zero-order chi connectivity index (χ0) is 22.7. The van der Waals surface area contributed by atoms with Gasteiger partial charge in [0.2, 0.25) is 5.91 Å². The number of aryl methyl sites for hydroxylation is 1. The van der Waals surface area contributed by atoms with Crippen molar-refractivity contribution < 1.29 is 19.5 Å². The third kappa shape index (κ3) is 3.16. The van der Waals surface area contributed by atoms with Gasteiger partial charge in [-0.1, -0.05) is 13.0 Å². The number of carboxylic acid groups (broad SMARTS) is 1. The van der Waals surface area contributed by atoms with Gasteiger partial charge in [0.05, 0.1) is 5.52 Å². The number of aromatic nitrogens is 4. The van der Waals surface area contributed by atoms with Crippen LogP contribution in [0.4, 0.5) is 0 Å². The summed E-state index contributed by atoms with van der Waals surface area (Å²) in [5.74, 6) is -0.196. The normalized spacial score (nSPS) is 23.9. The Morgan fingerprint density at radius 1 is 1.16 bits per heavy atom. The summed E-state index contributed by atoms with van der Waals surface area (Å²) in [7, 11) is 0. The molecule has 9 heteroatoms. The van der Waals surface area contributed by atoms with Gasteiger partial charge in [-0.05, 0) is 42.4 Å². The quantitative estimate of drug-likeness (QED) is 0.613. The Morgan fingerprint density at radius 3 is 2.53 bits per heavy atom. The molecule has 1 saturated heterocycles. The van der Waals surface area contributed by atoms with E-state index in [-0.39, 0.29) is 35.8 Å². The number of amides is 1. The third-order valence-electron chi connectivity index (χ3n) is 6.80. The number of carbonyl (C=O) groups is 3. The molecule has 1 saturated carbocycles. The van der Waals surface area contributed by atoms with Gasteiger partial charge in [-0.2, -0.15) is 5.10 Å². The number of piperidine rings is 1. The van der Waals surface area contributed by atoms with Crippen LogP contribution in [0.2, 0.25) is 0 Å². The van der Waals surface area contributed by atoms with Crippen LogP contribution in [0.25, 0.3) is 22.0 Å². The Bertz CT molecular complexity index is 1270. The second kappa shape index (κ2) is 7.22. The number of nitrogens with zero attached hydrogens (tertiary/aromatic N) is 5. The van der Waals surface area contributed by atoms with Crippen LogP contribution >= 0.6 is 0 Å². The van der Waals surface area contributed by atoms with Crippen LogP contribution in [0.3, 0.4) is 0 Å². The highest BCUT2D eigenvalue weighted by molar-refractivity contribution is 6.06. The summed E-state index contributed by atoms with van der Waals surface area (Å²) in [6, 6.07) is 4.75. The van der Waals surface area contributed by atoms with E-state index in [9.17, 15) is 19.5 Å². The van der Waals surface area contributed by atoms with E-state index in [1.54, 1.807) is 19.3 Å². The van der Waals surface area contributed by atoms with E-state index in [4.69, 9.17) is 0 Å². The van der Waals surface area contributed by atoms with Gasteiger partial charge in [0, 0.05) is 36.8 Å². The molecule has 32 heavy (non-hydrogen) atoms. The fraction of sp³-hybridized carbons (Fsp3) is 0.391. The van der Waals surface area contributed by atoms with Crippen LogP contribution in [0.5, 0.6) is 0 Å². The third-order valence-corrected chi connectivity index (χ3v) is 6.80. The smallest absolute Gasteiger partial charge is 0.326 e. The highest BCUT2D eigenvalue weighted by Gasteiger charge is 2.62. The summed E-state index contributed by atoms with van der Waals surface area (Å²) in [6.07, 6.45) is 3.44. The van der Waals surface area contributed by atoms with Crippen LogP contribution in [-0.4, -0.2) is 60.0 Å². The summed E-state index contributed by atoms with van der Waals surface area (Å²) >= 11 is 0. The Hall–Kier alpha value is -3.62. The van der Waals surface area contributed by atoms with E-state index in [1.807, 2.05) is 25.1 Å². The van der Waals surface area contributed by atoms with Crippen molar-refractivity contribution in [2.45, 2.75) is 33.4 Å². The van der Waals surface area contributed by atoms with Crippen molar-refractivity contribution in [2.75, 3.05) is 6.54 Å². The monoisotopic (exact) mass is 433 g/mol. The Labute approximate surface area is 184 Å². The topological polar surface area (TPSA) is 118 Å². The van der Waals surface area contributed by atoms with Crippen molar-refractivity contribution in [2.24, 2.45) is 17.8 Å². The lowest BCUT2D eigenvalue weighted by molar-refractivity contribution is -0.150. The minimum Gasteiger partial charge on any atom is -0.480 e. The van der Waals surface area contributed by atoms with Gasteiger partial charge in [0.1, 0.15) is 24.1 Å². The van der Waals surface area contributed by atoms with Crippen molar-refractivity contribution in [1.82, 2.24) is 24.6 Å². The molecule has 0 spiro atoms. The Balaban J connectivity index is 1.48. The highest BCUT2D eigenvalue weighted by atomic mass is 16.4. The number of carbonyl (C=O) groups excluding carboxylic acids is 2. The molecule has 2 aromatic heterocycles. The summed E-state index contributed by atoms with van der Waals surface area (Å²) in [5.41, 5.74) is 2.57. The van der Waals surface area contributed by atoms with Gasteiger partial charge in [0.15, 0.2) is 5.78 Å². The standard InChI is InChI=1S/C23H23N5O4/c1-11-17-9-27(22(20(11)17)23(31)32)19(30)10-28-18-5-4-14(15-7-24-13(3)25-8-15)6-16(18)21(26-28)12(2)29/h4-8,11,17,20,22H,9-10H2,1-3H3,(H,31,32)/t11?,17?,20?,22-/m0/s1. The minimum absolute atomic E-state index is 0.0258. The van der Waals surface area contributed by atoms with Crippen molar-refractivity contribution in [1.29, 1.82) is 0 Å². The first kappa shape index (κ1) is 20.3. The molecule has 3 aromatic rings. The van der Waals surface area contributed by atoms with Crippen molar-refractivity contribution >= 4 is 28.6 Å². The highest BCUT2D eigenvalue weighted by Crippen LogP contribution is 2.55. The molecular formula is C23H23N5O4. The molecule has 1 aliphatic heterocycles.